The van der Waals surface area contributed by atoms with Gasteiger partial charge < -0.3 is 14.6 Å². The van der Waals surface area contributed by atoms with E-state index in [2.05, 4.69) is 5.32 Å². The van der Waals surface area contributed by atoms with Gasteiger partial charge in [-0.1, -0.05) is 30.3 Å². The van der Waals surface area contributed by atoms with Crippen molar-refractivity contribution in [1.82, 2.24) is 9.88 Å². The number of benzene rings is 1. The van der Waals surface area contributed by atoms with Crippen LogP contribution in [-0.2, 0) is 11.8 Å². The van der Waals surface area contributed by atoms with Crippen LogP contribution >= 0.6 is 0 Å². The first-order valence-corrected chi connectivity index (χ1v) is 7.07. The molecule has 22 heavy (non-hydrogen) atoms. The maximum Gasteiger partial charge on any atom is 0.263 e. The molecule has 0 saturated heterocycles. The van der Waals surface area contributed by atoms with Gasteiger partial charge in [0.1, 0.15) is 5.56 Å². The topological polar surface area (TPSA) is 60.3 Å². The minimum atomic E-state index is -0.390. The second-order valence-electron chi connectivity index (χ2n) is 5.10. The lowest BCUT2D eigenvalue weighted by Gasteiger charge is -2.16. The first-order valence-electron chi connectivity index (χ1n) is 7.07. The predicted octanol–water partition coefficient (Wildman–Crippen LogP) is 1.81. The van der Waals surface area contributed by atoms with Crippen LogP contribution in [0.15, 0.2) is 47.3 Å². The number of nitrogens with zero attached hydrogens (tertiary/aromatic N) is 1. The molecule has 0 aliphatic rings. The first-order chi connectivity index (χ1) is 10.5. The number of carbonyl (C=O) groups excluding carboxylic acids is 1. The molecule has 1 atom stereocenters. The molecule has 5 nitrogen and oxygen atoms in total. The van der Waals surface area contributed by atoms with Crippen LogP contribution in [0.3, 0.4) is 0 Å². The van der Waals surface area contributed by atoms with Crippen LogP contribution in [0.25, 0.3) is 0 Å². The zero-order chi connectivity index (χ0) is 16.1. The molecular formula is C17H20N2O3. The smallest absolute Gasteiger partial charge is 0.263 e. The molecule has 1 aromatic carbocycles. The fourth-order valence-corrected chi connectivity index (χ4v) is 2.19. The summed E-state index contributed by atoms with van der Waals surface area (Å²) in [5, 5.41) is 2.76. The van der Waals surface area contributed by atoms with Gasteiger partial charge in [0.2, 0.25) is 0 Å². The van der Waals surface area contributed by atoms with Gasteiger partial charge in [-0.2, -0.15) is 0 Å². The summed E-state index contributed by atoms with van der Waals surface area (Å²) in [6.07, 6.45) is -0.251. The van der Waals surface area contributed by atoms with E-state index in [1.165, 1.54) is 4.57 Å². The molecule has 1 heterocycles. The lowest BCUT2D eigenvalue weighted by atomic mass is 10.1. The van der Waals surface area contributed by atoms with Gasteiger partial charge in [0.15, 0.2) is 0 Å². The molecular weight excluding hydrogens is 280 g/mol. The molecule has 2 aromatic rings. The maximum atomic E-state index is 12.2. The standard InChI is InChI=1S/C17H20N2O3/c1-12-9-10-14(17(21)19(12)2)16(20)18-11-15(22-3)13-7-5-4-6-8-13/h4-10,15H,11H2,1-3H3,(H,18,20)/t15-/m1/s1. The number of rotatable bonds is 5. The number of carbonyl (C=O) groups is 1. The van der Waals surface area contributed by atoms with E-state index in [9.17, 15) is 9.59 Å². The molecule has 0 bridgehead atoms. The van der Waals surface area contributed by atoms with Gasteiger partial charge in [-0.05, 0) is 24.6 Å². The number of hydrogen-bond donors (Lipinski definition) is 1. The number of aromatic nitrogens is 1. The third-order valence-electron chi connectivity index (χ3n) is 3.70. The fourth-order valence-electron chi connectivity index (χ4n) is 2.19. The zero-order valence-corrected chi connectivity index (χ0v) is 13.0. The third kappa shape index (κ3) is 3.43. The Morgan fingerprint density at radius 1 is 1.23 bits per heavy atom. The number of amides is 1. The number of pyridine rings is 1. The number of nitrogens with one attached hydrogen (secondary N) is 1. The van der Waals surface area contributed by atoms with Crippen LogP contribution in [0.4, 0.5) is 0 Å². The van der Waals surface area contributed by atoms with Crippen molar-refractivity contribution >= 4 is 5.91 Å². The van der Waals surface area contributed by atoms with Crippen LogP contribution in [0.2, 0.25) is 0 Å². The maximum absolute atomic E-state index is 12.2. The van der Waals surface area contributed by atoms with Crippen molar-refractivity contribution in [3.05, 3.63) is 69.6 Å². The van der Waals surface area contributed by atoms with Gasteiger partial charge in [0.25, 0.3) is 11.5 Å². The molecule has 2 rings (SSSR count). The Labute approximate surface area is 129 Å². The largest absolute Gasteiger partial charge is 0.375 e. The Morgan fingerprint density at radius 3 is 2.55 bits per heavy atom. The van der Waals surface area contributed by atoms with Gasteiger partial charge in [-0.15, -0.1) is 0 Å². The van der Waals surface area contributed by atoms with E-state index in [1.54, 1.807) is 26.3 Å². The highest BCUT2D eigenvalue weighted by atomic mass is 16.5. The van der Waals surface area contributed by atoms with Crippen LogP contribution < -0.4 is 10.9 Å². The quantitative estimate of drug-likeness (QED) is 0.916. The molecule has 1 amide bonds. The Balaban J connectivity index is 2.10. The van der Waals surface area contributed by atoms with E-state index in [0.717, 1.165) is 11.3 Å². The molecule has 0 saturated carbocycles. The number of ether oxygens (including phenoxy) is 1. The summed E-state index contributed by atoms with van der Waals surface area (Å²) in [6, 6.07) is 12.9. The van der Waals surface area contributed by atoms with Crippen molar-refractivity contribution in [3.63, 3.8) is 0 Å². The van der Waals surface area contributed by atoms with Crippen molar-refractivity contribution in [1.29, 1.82) is 0 Å². The fraction of sp³-hybridized carbons (Fsp3) is 0.294. The lowest BCUT2D eigenvalue weighted by molar-refractivity contribution is 0.0826. The monoisotopic (exact) mass is 300 g/mol. The van der Waals surface area contributed by atoms with Gasteiger partial charge in [-0.25, -0.2) is 0 Å². The molecule has 1 N–H and O–H groups in total. The van der Waals surface area contributed by atoms with Crippen LogP contribution in [0.1, 0.15) is 27.7 Å². The Kier molecular flexibility index (Phi) is 5.12. The summed E-state index contributed by atoms with van der Waals surface area (Å²) in [4.78, 5) is 24.3. The van der Waals surface area contributed by atoms with Crippen LogP contribution in [-0.4, -0.2) is 24.1 Å². The van der Waals surface area contributed by atoms with E-state index in [1.807, 2.05) is 37.3 Å². The van der Waals surface area contributed by atoms with Gasteiger partial charge in [0.05, 0.1) is 6.10 Å². The number of aryl methyl sites for hydroxylation is 1. The van der Waals surface area contributed by atoms with Crippen molar-refractivity contribution in [2.24, 2.45) is 7.05 Å². The van der Waals surface area contributed by atoms with Crippen molar-refractivity contribution in [3.8, 4) is 0 Å². The Morgan fingerprint density at radius 2 is 1.91 bits per heavy atom. The molecule has 0 spiro atoms. The van der Waals surface area contributed by atoms with E-state index in [-0.39, 0.29) is 17.2 Å². The van der Waals surface area contributed by atoms with E-state index in [4.69, 9.17) is 4.74 Å². The lowest BCUT2D eigenvalue weighted by Crippen LogP contribution is -2.35. The van der Waals surface area contributed by atoms with E-state index in [0.29, 0.717) is 6.54 Å². The van der Waals surface area contributed by atoms with E-state index >= 15 is 0 Å². The Bertz CT molecular complexity index is 708. The summed E-state index contributed by atoms with van der Waals surface area (Å²) in [5.74, 6) is -0.390. The molecule has 0 aliphatic heterocycles. The normalized spacial score (nSPS) is 12.0. The zero-order valence-electron chi connectivity index (χ0n) is 13.0. The van der Waals surface area contributed by atoms with Crippen LogP contribution in [0, 0.1) is 6.92 Å². The van der Waals surface area contributed by atoms with Gasteiger partial charge in [0, 0.05) is 26.4 Å². The average molecular weight is 300 g/mol. The second-order valence-corrected chi connectivity index (χ2v) is 5.10. The molecule has 1 aromatic heterocycles. The summed E-state index contributed by atoms with van der Waals surface area (Å²) in [6.45, 7) is 2.12. The molecule has 0 unspecified atom stereocenters. The average Bonchev–Trinajstić information content (AvgIpc) is 2.54. The molecule has 116 valence electrons. The minimum Gasteiger partial charge on any atom is -0.375 e. The summed E-state index contributed by atoms with van der Waals surface area (Å²) >= 11 is 0. The van der Waals surface area contributed by atoms with Crippen molar-refractivity contribution in [2.45, 2.75) is 13.0 Å². The van der Waals surface area contributed by atoms with Gasteiger partial charge >= 0.3 is 0 Å². The molecule has 5 heteroatoms. The predicted molar refractivity (Wildman–Crippen MR) is 84.9 cm³/mol. The van der Waals surface area contributed by atoms with Crippen molar-refractivity contribution < 1.29 is 9.53 Å². The summed E-state index contributed by atoms with van der Waals surface area (Å²) in [5.41, 5.74) is 1.62. The molecule has 0 radical (unpaired) electrons. The van der Waals surface area contributed by atoms with Crippen molar-refractivity contribution in [2.75, 3.05) is 13.7 Å². The number of methoxy groups -OCH3 is 1. The van der Waals surface area contributed by atoms with Gasteiger partial charge in [-0.3, -0.25) is 9.59 Å². The highest BCUT2D eigenvalue weighted by Gasteiger charge is 2.15. The second kappa shape index (κ2) is 7.04. The number of hydrogen-bond acceptors (Lipinski definition) is 3. The highest BCUT2D eigenvalue weighted by molar-refractivity contribution is 5.93. The SMILES string of the molecule is CO[C@H](CNC(=O)c1ccc(C)n(C)c1=O)c1ccccc1. The van der Waals surface area contributed by atoms with Crippen LogP contribution in [0.5, 0.6) is 0 Å². The minimum absolute atomic E-state index is 0.135. The molecule has 0 aliphatic carbocycles. The Hall–Kier alpha value is -2.40. The first kappa shape index (κ1) is 16.0. The summed E-state index contributed by atoms with van der Waals surface area (Å²) < 4.78 is 6.86. The summed E-state index contributed by atoms with van der Waals surface area (Å²) in [7, 11) is 3.24. The molecule has 0 fully saturated rings. The van der Waals surface area contributed by atoms with E-state index < -0.39 is 5.91 Å². The highest BCUT2D eigenvalue weighted by Crippen LogP contribution is 2.14. The third-order valence-corrected chi connectivity index (χ3v) is 3.70.